The van der Waals surface area contributed by atoms with E-state index in [0.717, 1.165) is 18.6 Å². The summed E-state index contributed by atoms with van der Waals surface area (Å²) < 4.78 is 33.3. The van der Waals surface area contributed by atoms with Crippen LogP contribution in [-0.2, 0) is 14.8 Å². The third-order valence-corrected chi connectivity index (χ3v) is 7.13. The molecule has 1 amide bonds. The van der Waals surface area contributed by atoms with Crippen LogP contribution in [0.2, 0.25) is 0 Å². The summed E-state index contributed by atoms with van der Waals surface area (Å²) >= 11 is 0. The fourth-order valence-corrected chi connectivity index (χ4v) is 5.32. The predicted molar refractivity (Wildman–Crippen MR) is 120 cm³/mol. The summed E-state index contributed by atoms with van der Waals surface area (Å²) in [6.45, 7) is 0.333. The molecule has 1 atom stereocenters. The van der Waals surface area contributed by atoms with Crippen molar-refractivity contribution in [3.8, 4) is 11.5 Å². The maximum absolute atomic E-state index is 13.1. The number of ether oxygens (including phenoxy) is 1. The summed E-state index contributed by atoms with van der Waals surface area (Å²) in [7, 11) is -3.74. The van der Waals surface area contributed by atoms with E-state index in [4.69, 9.17) is 4.74 Å². The molecule has 0 unspecified atom stereocenters. The molecule has 1 aliphatic rings. The van der Waals surface area contributed by atoms with Crippen LogP contribution in [0.15, 0.2) is 89.8 Å². The summed E-state index contributed by atoms with van der Waals surface area (Å²) in [4.78, 5) is 13.2. The number of nitrogens with zero attached hydrogens (tertiary/aromatic N) is 1. The molecule has 31 heavy (non-hydrogen) atoms. The number of piperidine rings is 1. The highest BCUT2D eigenvalue weighted by Crippen LogP contribution is 2.27. The fraction of sp³-hybridized carbons (Fsp3) is 0.208. The molecular weight excluding hydrogens is 412 g/mol. The first kappa shape index (κ1) is 21.1. The van der Waals surface area contributed by atoms with Crippen molar-refractivity contribution in [2.24, 2.45) is 0 Å². The van der Waals surface area contributed by atoms with E-state index in [1.165, 1.54) is 4.31 Å². The largest absolute Gasteiger partial charge is 0.457 e. The van der Waals surface area contributed by atoms with Gasteiger partial charge < -0.3 is 10.1 Å². The molecule has 3 aromatic rings. The number of nitrogens with one attached hydrogen (secondary N) is 1. The number of rotatable bonds is 6. The average Bonchev–Trinajstić information content (AvgIpc) is 2.81. The maximum Gasteiger partial charge on any atom is 0.243 e. The van der Waals surface area contributed by atoms with Crippen LogP contribution in [0.25, 0.3) is 0 Å². The van der Waals surface area contributed by atoms with Crippen molar-refractivity contribution in [3.05, 3.63) is 84.9 Å². The average molecular weight is 437 g/mol. The normalized spacial score (nSPS) is 17.1. The van der Waals surface area contributed by atoms with Crippen molar-refractivity contribution in [1.29, 1.82) is 0 Å². The van der Waals surface area contributed by atoms with Gasteiger partial charge >= 0.3 is 0 Å². The first-order chi connectivity index (χ1) is 15.0. The molecule has 0 aliphatic carbocycles. The third-order valence-electron chi connectivity index (χ3n) is 5.21. The zero-order chi connectivity index (χ0) is 21.7. The summed E-state index contributed by atoms with van der Waals surface area (Å²) in [5, 5.41) is 2.86. The van der Waals surface area contributed by atoms with Crippen molar-refractivity contribution in [2.45, 2.75) is 30.2 Å². The Kier molecular flexibility index (Phi) is 6.34. The van der Waals surface area contributed by atoms with Gasteiger partial charge in [-0.1, -0.05) is 42.8 Å². The fourth-order valence-electron chi connectivity index (χ4n) is 3.64. The molecule has 4 rings (SSSR count). The van der Waals surface area contributed by atoms with Crippen LogP contribution in [0.4, 0.5) is 5.69 Å². The number of amides is 1. The predicted octanol–water partition coefficient (Wildman–Crippen LogP) is 4.66. The number of benzene rings is 3. The molecular formula is C24H24N2O4S. The quantitative estimate of drug-likeness (QED) is 0.610. The van der Waals surface area contributed by atoms with Crippen molar-refractivity contribution in [3.63, 3.8) is 0 Å². The zero-order valence-corrected chi connectivity index (χ0v) is 17.8. The molecule has 0 aromatic heterocycles. The number of sulfonamides is 1. The molecule has 1 aliphatic heterocycles. The minimum atomic E-state index is -3.74. The van der Waals surface area contributed by atoms with Crippen LogP contribution < -0.4 is 10.1 Å². The van der Waals surface area contributed by atoms with Gasteiger partial charge in [0, 0.05) is 12.2 Å². The Morgan fingerprint density at radius 2 is 1.45 bits per heavy atom. The second kappa shape index (κ2) is 9.32. The van der Waals surface area contributed by atoms with Gasteiger partial charge in [0.25, 0.3) is 0 Å². The first-order valence-electron chi connectivity index (χ1n) is 10.2. The van der Waals surface area contributed by atoms with Gasteiger partial charge in [-0.25, -0.2) is 8.42 Å². The molecule has 0 saturated carbocycles. The van der Waals surface area contributed by atoms with E-state index in [9.17, 15) is 13.2 Å². The van der Waals surface area contributed by atoms with Gasteiger partial charge in [-0.2, -0.15) is 4.31 Å². The molecule has 0 radical (unpaired) electrons. The zero-order valence-electron chi connectivity index (χ0n) is 17.0. The van der Waals surface area contributed by atoms with E-state index in [0.29, 0.717) is 24.4 Å². The van der Waals surface area contributed by atoms with Gasteiger partial charge in [0.05, 0.1) is 4.90 Å². The van der Waals surface area contributed by atoms with Gasteiger partial charge in [0.2, 0.25) is 15.9 Å². The number of hydrogen-bond acceptors (Lipinski definition) is 4. The SMILES string of the molecule is O=C(Nc1ccc(Oc2ccccc2)cc1)[C@@H]1CCCCN1S(=O)(=O)c1ccccc1. The lowest BCUT2D eigenvalue weighted by Gasteiger charge is -2.33. The molecule has 3 aromatic carbocycles. The Morgan fingerprint density at radius 1 is 0.839 bits per heavy atom. The highest BCUT2D eigenvalue weighted by Gasteiger charge is 2.37. The highest BCUT2D eigenvalue weighted by molar-refractivity contribution is 7.89. The van der Waals surface area contributed by atoms with Crippen LogP contribution in [0.3, 0.4) is 0 Å². The van der Waals surface area contributed by atoms with E-state index in [2.05, 4.69) is 5.32 Å². The summed E-state index contributed by atoms with van der Waals surface area (Å²) in [6, 6.07) is 24.0. The van der Waals surface area contributed by atoms with E-state index >= 15 is 0 Å². The van der Waals surface area contributed by atoms with E-state index in [1.54, 1.807) is 54.6 Å². The van der Waals surface area contributed by atoms with E-state index in [-0.39, 0.29) is 10.8 Å². The molecule has 1 heterocycles. The third kappa shape index (κ3) is 4.95. The minimum absolute atomic E-state index is 0.206. The lowest BCUT2D eigenvalue weighted by atomic mass is 10.0. The Bertz CT molecular complexity index is 1120. The minimum Gasteiger partial charge on any atom is -0.457 e. The van der Waals surface area contributed by atoms with Crippen molar-refractivity contribution in [1.82, 2.24) is 4.31 Å². The smallest absolute Gasteiger partial charge is 0.243 e. The lowest BCUT2D eigenvalue weighted by molar-refractivity contribution is -0.120. The van der Waals surface area contributed by atoms with Crippen LogP contribution >= 0.6 is 0 Å². The number of carbonyl (C=O) groups is 1. The van der Waals surface area contributed by atoms with Gasteiger partial charge in [-0.3, -0.25) is 4.79 Å². The van der Waals surface area contributed by atoms with Crippen molar-refractivity contribution < 1.29 is 17.9 Å². The van der Waals surface area contributed by atoms with Gasteiger partial charge in [0.15, 0.2) is 0 Å². The van der Waals surface area contributed by atoms with Crippen LogP contribution in [-0.4, -0.2) is 31.2 Å². The molecule has 1 fully saturated rings. The van der Waals surface area contributed by atoms with Crippen LogP contribution in [0.5, 0.6) is 11.5 Å². The van der Waals surface area contributed by atoms with Crippen molar-refractivity contribution >= 4 is 21.6 Å². The molecule has 1 N–H and O–H groups in total. The summed E-state index contributed by atoms with van der Waals surface area (Å²) in [6.07, 6.45) is 2.04. The molecule has 7 heteroatoms. The monoisotopic (exact) mass is 436 g/mol. The standard InChI is InChI=1S/C24H24N2O4S/c27-24(25-19-14-16-21(17-15-19)30-20-9-3-1-4-10-20)23-13-7-8-18-26(23)31(28,29)22-11-5-2-6-12-22/h1-6,9-12,14-17,23H,7-8,13,18H2,(H,25,27)/t23-/m0/s1. The van der Waals surface area contributed by atoms with E-state index < -0.39 is 16.1 Å². The van der Waals surface area contributed by atoms with E-state index in [1.807, 2.05) is 30.3 Å². The Morgan fingerprint density at radius 3 is 2.13 bits per heavy atom. The molecule has 0 spiro atoms. The highest BCUT2D eigenvalue weighted by atomic mass is 32.2. The number of hydrogen-bond donors (Lipinski definition) is 1. The summed E-state index contributed by atoms with van der Waals surface area (Å²) in [5.74, 6) is 1.05. The molecule has 6 nitrogen and oxygen atoms in total. The Hall–Kier alpha value is -3.16. The van der Waals surface area contributed by atoms with Crippen molar-refractivity contribution in [2.75, 3.05) is 11.9 Å². The molecule has 1 saturated heterocycles. The van der Waals surface area contributed by atoms with Crippen LogP contribution in [0.1, 0.15) is 19.3 Å². The maximum atomic E-state index is 13.1. The Labute approximate surface area is 182 Å². The second-order valence-corrected chi connectivity index (χ2v) is 9.26. The number of carbonyl (C=O) groups excluding carboxylic acids is 1. The second-order valence-electron chi connectivity index (χ2n) is 7.37. The van der Waals surface area contributed by atoms with Gasteiger partial charge in [-0.05, 0) is 61.4 Å². The van der Waals surface area contributed by atoms with Gasteiger partial charge in [0.1, 0.15) is 17.5 Å². The lowest BCUT2D eigenvalue weighted by Crippen LogP contribution is -2.49. The Balaban J connectivity index is 1.46. The number of para-hydroxylation sites is 1. The van der Waals surface area contributed by atoms with Gasteiger partial charge in [-0.15, -0.1) is 0 Å². The number of anilines is 1. The molecule has 0 bridgehead atoms. The van der Waals surface area contributed by atoms with Crippen LogP contribution in [0, 0.1) is 0 Å². The topological polar surface area (TPSA) is 75.7 Å². The first-order valence-corrected chi connectivity index (χ1v) is 11.7. The summed E-state index contributed by atoms with van der Waals surface area (Å²) in [5.41, 5.74) is 0.591. The molecule has 160 valence electrons.